The van der Waals surface area contributed by atoms with Gasteiger partial charge in [-0.15, -0.1) is 0 Å². The van der Waals surface area contributed by atoms with Gasteiger partial charge in [0.25, 0.3) is 0 Å². The highest BCUT2D eigenvalue weighted by Gasteiger charge is 2.15. The summed E-state index contributed by atoms with van der Waals surface area (Å²) in [5, 5.41) is 11.9. The molecule has 3 heteroatoms. The molecule has 0 radical (unpaired) electrons. The van der Waals surface area contributed by atoms with E-state index in [9.17, 15) is 0 Å². The molecule has 0 bridgehead atoms. The van der Waals surface area contributed by atoms with E-state index < -0.39 is 0 Å². The van der Waals surface area contributed by atoms with E-state index in [4.69, 9.17) is 14.4 Å². The van der Waals surface area contributed by atoms with E-state index in [-0.39, 0.29) is 0 Å². The predicted octanol–water partition coefficient (Wildman–Crippen LogP) is 11.5. The SMILES string of the molecule is c1ccc2c(c1)oc1c(-c3ccc4ccc5ccc(-c6ccc7c8ccccc8c8ccccc8c7c6)nc5c4n3)cccc12. The number of benzene rings is 7. The number of fused-ring (bicyclic) bond motifs is 12. The van der Waals surface area contributed by atoms with E-state index in [1.807, 2.05) is 18.2 Å². The van der Waals surface area contributed by atoms with Crippen LogP contribution in [-0.4, -0.2) is 9.97 Å². The third-order valence-electron chi connectivity index (χ3n) is 9.24. The molecule has 0 aliphatic rings. The third-order valence-corrected chi connectivity index (χ3v) is 9.24. The number of rotatable bonds is 2. The first kappa shape index (κ1) is 24.4. The van der Waals surface area contributed by atoms with Crippen molar-refractivity contribution < 1.29 is 4.42 Å². The number of pyridine rings is 2. The highest BCUT2D eigenvalue weighted by Crippen LogP contribution is 2.38. The molecule has 10 rings (SSSR count). The first-order chi connectivity index (χ1) is 22.3. The van der Waals surface area contributed by atoms with Gasteiger partial charge in [-0.2, -0.15) is 0 Å². The van der Waals surface area contributed by atoms with Gasteiger partial charge in [0.2, 0.25) is 0 Å². The van der Waals surface area contributed by atoms with Crippen LogP contribution in [0, 0.1) is 0 Å². The molecule has 3 heterocycles. The second kappa shape index (κ2) is 9.22. The van der Waals surface area contributed by atoms with Crippen LogP contribution >= 0.6 is 0 Å². The Kier molecular flexibility index (Phi) is 5.00. The van der Waals surface area contributed by atoms with Crippen molar-refractivity contribution in [3.05, 3.63) is 146 Å². The first-order valence-electron chi connectivity index (χ1n) is 15.2. The molecule has 45 heavy (non-hydrogen) atoms. The molecular formula is C42H24N2O. The van der Waals surface area contributed by atoms with Crippen LogP contribution < -0.4 is 0 Å². The van der Waals surface area contributed by atoms with Gasteiger partial charge >= 0.3 is 0 Å². The summed E-state index contributed by atoms with van der Waals surface area (Å²) >= 11 is 0. The molecule has 0 amide bonds. The van der Waals surface area contributed by atoms with Crippen molar-refractivity contribution >= 4 is 76.1 Å². The van der Waals surface area contributed by atoms with Crippen LogP contribution in [0.2, 0.25) is 0 Å². The normalized spacial score (nSPS) is 12.0. The summed E-state index contributed by atoms with van der Waals surface area (Å²) in [6.45, 7) is 0. The average molecular weight is 573 g/mol. The maximum absolute atomic E-state index is 6.35. The molecule has 0 spiro atoms. The van der Waals surface area contributed by atoms with Crippen LogP contribution in [0.5, 0.6) is 0 Å². The van der Waals surface area contributed by atoms with E-state index >= 15 is 0 Å². The van der Waals surface area contributed by atoms with Crippen LogP contribution in [-0.2, 0) is 0 Å². The maximum atomic E-state index is 6.35. The summed E-state index contributed by atoms with van der Waals surface area (Å²) < 4.78 is 6.35. The van der Waals surface area contributed by atoms with Crippen molar-refractivity contribution in [1.82, 2.24) is 9.97 Å². The minimum atomic E-state index is 0.857. The Morgan fingerprint density at radius 2 is 0.911 bits per heavy atom. The molecule has 0 unspecified atom stereocenters. The standard InChI is InChI=1S/C42H24N2O/c1-2-10-30-28(8-1)29-9-3-4-11-31(29)36-24-27(18-21-32(30)36)37-22-19-25-16-17-26-20-23-38(44-41(26)40(25)43-37)35-14-7-13-34-33-12-5-6-15-39(33)45-42(34)35/h1-24H. The molecule has 3 aromatic heterocycles. The molecule has 0 fully saturated rings. The molecule has 3 nitrogen and oxygen atoms in total. The van der Waals surface area contributed by atoms with Crippen LogP contribution in [0.15, 0.2) is 150 Å². The van der Waals surface area contributed by atoms with Gasteiger partial charge in [-0.25, -0.2) is 9.97 Å². The molecule has 0 aliphatic carbocycles. The van der Waals surface area contributed by atoms with Crippen LogP contribution in [0.3, 0.4) is 0 Å². The van der Waals surface area contributed by atoms with Gasteiger partial charge in [-0.1, -0.05) is 115 Å². The third kappa shape index (κ3) is 3.58. The fraction of sp³-hybridized carbons (Fsp3) is 0. The van der Waals surface area contributed by atoms with Crippen molar-refractivity contribution in [2.75, 3.05) is 0 Å². The summed E-state index contributed by atoms with van der Waals surface area (Å²) in [5.74, 6) is 0. The highest BCUT2D eigenvalue weighted by molar-refractivity contribution is 6.25. The van der Waals surface area contributed by atoms with Crippen LogP contribution in [0.4, 0.5) is 0 Å². The van der Waals surface area contributed by atoms with E-state index in [0.29, 0.717) is 0 Å². The minimum absolute atomic E-state index is 0.857. The second-order valence-corrected chi connectivity index (χ2v) is 11.7. The smallest absolute Gasteiger partial charge is 0.144 e. The Morgan fingerprint density at radius 1 is 0.378 bits per heavy atom. The highest BCUT2D eigenvalue weighted by atomic mass is 16.3. The second-order valence-electron chi connectivity index (χ2n) is 11.7. The maximum Gasteiger partial charge on any atom is 0.144 e. The van der Waals surface area contributed by atoms with E-state index in [2.05, 4.69) is 127 Å². The van der Waals surface area contributed by atoms with Gasteiger partial charge in [-0.05, 0) is 62.6 Å². The molecule has 0 saturated carbocycles. The predicted molar refractivity (Wildman–Crippen MR) is 188 cm³/mol. The van der Waals surface area contributed by atoms with Crippen molar-refractivity contribution in [3.63, 3.8) is 0 Å². The molecule has 0 saturated heterocycles. The number of hydrogen-bond donors (Lipinski definition) is 0. The van der Waals surface area contributed by atoms with Gasteiger partial charge in [0.05, 0.1) is 22.4 Å². The summed E-state index contributed by atoms with van der Waals surface area (Å²) in [7, 11) is 0. The molecule has 0 N–H and O–H groups in total. The van der Waals surface area contributed by atoms with Crippen LogP contribution in [0.25, 0.3) is 98.6 Å². The van der Waals surface area contributed by atoms with E-state index in [1.165, 1.54) is 32.3 Å². The first-order valence-corrected chi connectivity index (χ1v) is 15.2. The van der Waals surface area contributed by atoms with Crippen molar-refractivity contribution in [1.29, 1.82) is 0 Å². The lowest BCUT2D eigenvalue weighted by Crippen LogP contribution is -1.91. The van der Waals surface area contributed by atoms with Crippen molar-refractivity contribution in [3.8, 4) is 22.5 Å². The summed E-state index contributed by atoms with van der Waals surface area (Å²) in [6, 6.07) is 51.4. The zero-order valence-electron chi connectivity index (χ0n) is 24.2. The molecule has 208 valence electrons. The molecule has 0 atom stereocenters. The lowest BCUT2D eigenvalue weighted by atomic mass is 9.93. The Morgan fingerprint density at radius 3 is 1.62 bits per heavy atom. The van der Waals surface area contributed by atoms with Crippen molar-refractivity contribution in [2.45, 2.75) is 0 Å². The Bertz CT molecular complexity index is 2790. The lowest BCUT2D eigenvalue weighted by Gasteiger charge is -2.12. The summed E-state index contributed by atoms with van der Waals surface area (Å²) in [6.07, 6.45) is 0. The van der Waals surface area contributed by atoms with Crippen LogP contribution in [0.1, 0.15) is 0 Å². The largest absolute Gasteiger partial charge is 0.455 e. The minimum Gasteiger partial charge on any atom is -0.455 e. The van der Waals surface area contributed by atoms with E-state index in [1.54, 1.807) is 0 Å². The summed E-state index contributed by atoms with van der Waals surface area (Å²) in [5.41, 5.74) is 7.39. The average Bonchev–Trinajstić information content (AvgIpc) is 3.50. The van der Waals surface area contributed by atoms with E-state index in [0.717, 1.165) is 66.3 Å². The monoisotopic (exact) mass is 572 g/mol. The fourth-order valence-electron chi connectivity index (χ4n) is 7.09. The molecular weight excluding hydrogens is 548 g/mol. The zero-order chi connectivity index (χ0) is 29.5. The van der Waals surface area contributed by atoms with Gasteiger partial charge < -0.3 is 4.42 Å². The van der Waals surface area contributed by atoms with Crippen molar-refractivity contribution in [2.24, 2.45) is 0 Å². The number of aromatic nitrogens is 2. The quantitative estimate of drug-likeness (QED) is 0.193. The Balaban J connectivity index is 1.18. The topological polar surface area (TPSA) is 38.9 Å². The molecule has 7 aromatic carbocycles. The number of nitrogens with zero attached hydrogens (tertiary/aromatic N) is 2. The Labute approximate surface area is 258 Å². The summed E-state index contributed by atoms with van der Waals surface area (Å²) in [4.78, 5) is 10.5. The van der Waals surface area contributed by atoms with Gasteiger partial charge in [0.15, 0.2) is 0 Å². The number of para-hydroxylation sites is 2. The Hall–Kier alpha value is -6.06. The number of furan rings is 1. The van der Waals surface area contributed by atoms with Gasteiger partial charge in [0, 0.05) is 32.7 Å². The fourth-order valence-corrected chi connectivity index (χ4v) is 7.09. The lowest BCUT2D eigenvalue weighted by molar-refractivity contribution is 0.670. The number of hydrogen-bond acceptors (Lipinski definition) is 3. The molecule has 10 aromatic rings. The van der Waals surface area contributed by atoms with Gasteiger partial charge in [0.1, 0.15) is 11.2 Å². The molecule has 0 aliphatic heterocycles. The van der Waals surface area contributed by atoms with Gasteiger partial charge in [-0.3, -0.25) is 0 Å². The zero-order valence-corrected chi connectivity index (χ0v) is 24.2.